The van der Waals surface area contributed by atoms with Crippen LogP contribution in [-0.4, -0.2) is 14.6 Å². The minimum absolute atomic E-state index is 0.633. The summed E-state index contributed by atoms with van der Waals surface area (Å²) in [5.41, 5.74) is 2.12. The number of fused-ring (bicyclic) bond motifs is 3. The van der Waals surface area contributed by atoms with Crippen LogP contribution in [0, 0.1) is 11.7 Å². The molecule has 3 rings (SSSR count). The quantitative estimate of drug-likeness (QED) is 0.585. The van der Waals surface area contributed by atoms with Gasteiger partial charge in [0.15, 0.2) is 10.4 Å². The van der Waals surface area contributed by atoms with Crippen molar-refractivity contribution in [2.24, 2.45) is 0 Å². The van der Waals surface area contributed by atoms with E-state index >= 15 is 0 Å². The Kier molecular flexibility index (Phi) is 1.67. The van der Waals surface area contributed by atoms with Crippen LogP contribution in [-0.2, 0) is 0 Å². The third kappa shape index (κ3) is 1.18. The first-order valence-electron chi connectivity index (χ1n) is 4.72. The monoisotopic (exact) mass is 215 g/mol. The van der Waals surface area contributed by atoms with Gasteiger partial charge >= 0.3 is 0 Å². The second-order valence-electron chi connectivity index (χ2n) is 3.63. The van der Waals surface area contributed by atoms with Crippen LogP contribution in [0.25, 0.3) is 16.4 Å². The van der Waals surface area contributed by atoms with E-state index in [4.69, 9.17) is 12.2 Å². The summed E-state index contributed by atoms with van der Waals surface area (Å²) < 4.78 is 2.52. The van der Waals surface area contributed by atoms with Crippen molar-refractivity contribution in [3.63, 3.8) is 0 Å². The van der Waals surface area contributed by atoms with Gasteiger partial charge in [-0.25, -0.2) is 0 Å². The lowest BCUT2D eigenvalue weighted by Gasteiger charge is -2.00. The van der Waals surface area contributed by atoms with Crippen molar-refractivity contribution < 1.29 is 0 Å². The van der Waals surface area contributed by atoms with Crippen molar-refractivity contribution in [1.82, 2.24) is 14.6 Å². The Balaban J connectivity index is 2.63. The van der Waals surface area contributed by atoms with Crippen LogP contribution in [0.15, 0.2) is 30.5 Å². The molecule has 0 saturated carbocycles. The zero-order valence-corrected chi connectivity index (χ0v) is 9.01. The third-order valence-corrected chi connectivity index (χ3v) is 2.85. The van der Waals surface area contributed by atoms with Crippen molar-refractivity contribution in [1.29, 1.82) is 0 Å². The SMILES string of the molecule is Cc1ccc2ccn3c(=S)[nH]nc3c2c1. The fourth-order valence-corrected chi connectivity index (χ4v) is 1.99. The maximum Gasteiger partial charge on any atom is 0.199 e. The van der Waals surface area contributed by atoms with Gasteiger partial charge in [0.25, 0.3) is 0 Å². The van der Waals surface area contributed by atoms with Gasteiger partial charge in [0.1, 0.15) is 0 Å². The molecule has 2 aromatic heterocycles. The van der Waals surface area contributed by atoms with E-state index in [1.165, 1.54) is 10.9 Å². The van der Waals surface area contributed by atoms with Crippen LogP contribution < -0.4 is 0 Å². The molecule has 0 spiro atoms. The fourth-order valence-electron chi connectivity index (χ4n) is 1.80. The Morgan fingerprint density at radius 1 is 1.33 bits per heavy atom. The van der Waals surface area contributed by atoms with Gasteiger partial charge in [-0.1, -0.05) is 17.7 Å². The molecule has 0 aliphatic heterocycles. The Hall–Kier alpha value is -1.68. The first-order chi connectivity index (χ1) is 7.25. The minimum Gasteiger partial charge on any atom is -0.275 e. The zero-order chi connectivity index (χ0) is 10.4. The summed E-state index contributed by atoms with van der Waals surface area (Å²) >= 11 is 5.13. The molecule has 1 N–H and O–H groups in total. The lowest BCUT2D eigenvalue weighted by atomic mass is 10.1. The molecule has 74 valence electrons. The average Bonchev–Trinajstić information content (AvgIpc) is 2.61. The van der Waals surface area contributed by atoms with E-state index in [1.807, 2.05) is 16.7 Å². The van der Waals surface area contributed by atoms with E-state index in [0.29, 0.717) is 4.77 Å². The molecule has 0 bridgehead atoms. The number of aryl methyl sites for hydroxylation is 1. The van der Waals surface area contributed by atoms with E-state index in [2.05, 4.69) is 35.3 Å². The van der Waals surface area contributed by atoms with Gasteiger partial charge in [-0.3, -0.25) is 9.50 Å². The number of nitrogens with zero attached hydrogens (tertiary/aromatic N) is 2. The molecule has 0 amide bonds. The van der Waals surface area contributed by atoms with E-state index in [-0.39, 0.29) is 0 Å². The molecule has 0 atom stereocenters. The lowest BCUT2D eigenvalue weighted by Crippen LogP contribution is -1.86. The predicted octanol–water partition coefficient (Wildman–Crippen LogP) is 2.85. The van der Waals surface area contributed by atoms with Crippen LogP contribution >= 0.6 is 12.2 Å². The highest BCUT2D eigenvalue weighted by Crippen LogP contribution is 2.19. The molecule has 0 unspecified atom stereocenters. The summed E-state index contributed by atoms with van der Waals surface area (Å²) in [5.74, 6) is 0. The molecule has 0 saturated heterocycles. The largest absolute Gasteiger partial charge is 0.275 e. The van der Waals surface area contributed by atoms with E-state index in [9.17, 15) is 0 Å². The maximum absolute atomic E-state index is 5.13. The van der Waals surface area contributed by atoms with Gasteiger partial charge < -0.3 is 0 Å². The standard InChI is InChI=1S/C11H9N3S/c1-7-2-3-8-4-5-14-10(9(8)6-7)12-13-11(14)15/h2-6H,1H3,(H,13,15). The van der Waals surface area contributed by atoms with Crippen LogP contribution in [0.1, 0.15) is 5.56 Å². The zero-order valence-electron chi connectivity index (χ0n) is 8.19. The van der Waals surface area contributed by atoms with Crippen molar-refractivity contribution in [3.05, 3.63) is 40.8 Å². The number of rotatable bonds is 0. The lowest BCUT2D eigenvalue weighted by molar-refractivity contribution is 1.07. The molecule has 0 radical (unpaired) electrons. The van der Waals surface area contributed by atoms with Gasteiger partial charge in [0.2, 0.25) is 0 Å². The van der Waals surface area contributed by atoms with Crippen molar-refractivity contribution >= 4 is 28.6 Å². The molecule has 4 heteroatoms. The van der Waals surface area contributed by atoms with Gasteiger partial charge in [-0.2, -0.15) is 5.10 Å². The molecule has 1 aromatic carbocycles. The molecular formula is C11H9N3S. The second kappa shape index (κ2) is 2.90. The number of hydrogen-bond acceptors (Lipinski definition) is 2. The van der Waals surface area contributed by atoms with E-state index < -0.39 is 0 Å². The number of nitrogens with one attached hydrogen (secondary N) is 1. The first-order valence-corrected chi connectivity index (χ1v) is 5.13. The van der Waals surface area contributed by atoms with Gasteiger partial charge in [0.05, 0.1) is 0 Å². The Labute approximate surface area is 91.4 Å². The summed E-state index contributed by atoms with van der Waals surface area (Å²) in [6.45, 7) is 2.07. The predicted molar refractivity (Wildman–Crippen MR) is 62.6 cm³/mol. The normalized spacial score (nSPS) is 11.3. The molecule has 2 heterocycles. The van der Waals surface area contributed by atoms with Crippen molar-refractivity contribution in [3.8, 4) is 0 Å². The van der Waals surface area contributed by atoms with Gasteiger partial charge in [0, 0.05) is 11.6 Å². The molecule has 3 aromatic rings. The smallest absolute Gasteiger partial charge is 0.199 e. The van der Waals surface area contributed by atoms with Crippen LogP contribution in [0.5, 0.6) is 0 Å². The highest BCUT2D eigenvalue weighted by Gasteiger charge is 2.02. The number of H-pyrrole nitrogens is 1. The summed E-state index contributed by atoms with van der Waals surface area (Å²) in [5, 5.41) is 9.35. The van der Waals surface area contributed by atoms with Crippen LogP contribution in [0.2, 0.25) is 0 Å². The van der Waals surface area contributed by atoms with Gasteiger partial charge in [-0.05, 0) is 36.7 Å². The van der Waals surface area contributed by atoms with Crippen LogP contribution in [0.3, 0.4) is 0 Å². The summed E-state index contributed by atoms with van der Waals surface area (Å²) in [4.78, 5) is 0. The second-order valence-corrected chi connectivity index (χ2v) is 4.02. The molecule has 0 fully saturated rings. The number of aromatic amines is 1. The Morgan fingerprint density at radius 2 is 2.20 bits per heavy atom. The van der Waals surface area contributed by atoms with Crippen molar-refractivity contribution in [2.45, 2.75) is 6.92 Å². The summed E-state index contributed by atoms with van der Waals surface area (Å²) in [6.07, 6.45) is 1.94. The Bertz CT molecular complexity index is 708. The molecule has 0 aliphatic carbocycles. The number of hydrogen-bond donors (Lipinski definition) is 1. The Morgan fingerprint density at radius 3 is 3.07 bits per heavy atom. The molecule has 3 nitrogen and oxygen atoms in total. The van der Waals surface area contributed by atoms with E-state index in [0.717, 1.165) is 11.0 Å². The number of pyridine rings is 1. The highest BCUT2D eigenvalue weighted by atomic mass is 32.1. The third-order valence-electron chi connectivity index (χ3n) is 2.56. The van der Waals surface area contributed by atoms with Gasteiger partial charge in [-0.15, -0.1) is 0 Å². The summed E-state index contributed by atoms with van der Waals surface area (Å²) in [7, 11) is 0. The first kappa shape index (κ1) is 8.61. The summed E-state index contributed by atoms with van der Waals surface area (Å²) in [6, 6.07) is 8.37. The number of benzene rings is 1. The minimum atomic E-state index is 0.633. The topological polar surface area (TPSA) is 33.1 Å². The highest BCUT2D eigenvalue weighted by molar-refractivity contribution is 7.71. The van der Waals surface area contributed by atoms with Crippen LogP contribution in [0.4, 0.5) is 0 Å². The molecule has 15 heavy (non-hydrogen) atoms. The maximum atomic E-state index is 5.13. The van der Waals surface area contributed by atoms with E-state index in [1.54, 1.807) is 0 Å². The molecular weight excluding hydrogens is 206 g/mol. The fraction of sp³-hybridized carbons (Fsp3) is 0.0909. The molecule has 0 aliphatic rings. The average molecular weight is 215 g/mol. The number of aromatic nitrogens is 3. The van der Waals surface area contributed by atoms with Crippen molar-refractivity contribution in [2.75, 3.05) is 0 Å².